The summed E-state index contributed by atoms with van der Waals surface area (Å²) >= 11 is 0. The average Bonchev–Trinajstić information content (AvgIpc) is 3.51. The van der Waals surface area contributed by atoms with Gasteiger partial charge in [-0.3, -0.25) is 4.57 Å². The highest BCUT2D eigenvalue weighted by molar-refractivity contribution is 5.82. The zero-order valence-corrected chi connectivity index (χ0v) is 19.6. The molecule has 174 valence electrons. The van der Waals surface area contributed by atoms with Crippen LogP contribution in [0.25, 0.3) is 22.7 Å². The minimum atomic E-state index is -0.708. The molecule has 4 aromatic heterocycles. The number of aromatic nitrogens is 6. The van der Waals surface area contributed by atoms with E-state index in [1.807, 2.05) is 73.9 Å². The van der Waals surface area contributed by atoms with Gasteiger partial charge in [0.25, 0.3) is 0 Å². The number of anilines is 2. The molecule has 1 atom stereocenters. The molecule has 9 nitrogen and oxygen atoms in total. The molecule has 5 aromatic rings. The van der Waals surface area contributed by atoms with Gasteiger partial charge in [-0.15, -0.1) is 5.10 Å². The first-order valence-electron chi connectivity index (χ1n) is 11.2. The second-order valence-electron chi connectivity index (χ2n) is 8.23. The third-order valence-electron chi connectivity index (χ3n) is 5.60. The number of pyridine rings is 1. The molecule has 0 radical (unpaired) electrons. The van der Waals surface area contributed by atoms with E-state index in [1.165, 1.54) is 0 Å². The van der Waals surface area contributed by atoms with Gasteiger partial charge in [0, 0.05) is 28.7 Å². The number of aromatic amines is 1. The Hall–Kier alpha value is -4.11. The van der Waals surface area contributed by atoms with Crippen molar-refractivity contribution in [3.63, 3.8) is 0 Å². The van der Waals surface area contributed by atoms with E-state index in [9.17, 15) is 5.11 Å². The number of hydrogen-bond donors (Lipinski definition) is 3. The molecular weight excluding hydrogens is 430 g/mol. The molecular formula is C25H27N7O2. The Morgan fingerprint density at radius 2 is 1.97 bits per heavy atom. The van der Waals surface area contributed by atoms with Crippen molar-refractivity contribution in [2.75, 3.05) is 11.9 Å². The second-order valence-corrected chi connectivity index (χ2v) is 8.23. The lowest BCUT2D eigenvalue weighted by molar-refractivity contribution is 0.198. The predicted molar refractivity (Wildman–Crippen MR) is 131 cm³/mol. The fourth-order valence-electron chi connectivity index (χ4n) is 3.96. The van der Waals surface area contributed by atoms with Gasteiger partial charge in [0.2, 0.25) is 5.88 Å². The number of nitrogens with zero attached hydrogens (tertiary/aromatic N) is 5. The quantitative estimate of drug-likeness (QED) is 0.326. The van der Waals surface area contributed by atoms with Crippen molar-refractivity contribution in [3.05, 3.63) is 71.8 Å². The smallest absolute Gasteiger partial charge is 0.233 e. The maximum Gasteiger partial charge on any atom is 0.233 e. The molecule has 1 aromatic carbocycles. The molecule has 0 aliphatic heterocycles. The van der Waals surface area contributed by atoms with Gasteiger partial charge in [0.1, 0.15) is 18.0 Å². The number of rotatable bonds is 7. The first-order chi connectivity index (χ1) is 16.4. The van der Waals surface area contributed by atoms with Crippen LogP contribution in [0.1, 0.15) is 36.9 Å². The number of aliphatic hydroxyl groups is 1. The third-order valence-corrected chi connectivity index (χ3v) is 5.60. The van der Waals surface area contributed by atoms with Crippen LogP contribution in [-0.2, 0) is 0 Å². The van der Waals surface area contributed by atoms with E-state index < -0.39 is 6.10 Å². The molecule has 0 aliphatic carbocycles. The largest absolute Gasteiger partial charge is 0.477 e. The maximum absolute atomic E-state index is 10.4. The van der Waals surface area contributed by atoms with E-state index in [0.717, 1.165) is 33.9 Å². The van der Waals surface area contributed by atoms with Crippen LogP contribution in [0.5, 0.6) is 5.88 Å². The van der Waals surface area contributed by atoms with Crippen molar-refractivity contribution >= 4 is 22.5 Å². The lowest BCUT2D eigenvalue weighted by Gasteiger charge is -2.14. The summed E-state index contributed by atoms with van der Waals surface area (Å²) in [5.41, 5.74) is 5.33. The van der Waals surface area contributed by atoms with Crippen molar-refractivity contribution in [1.82, 2.24) is 29.3 Å². The summed E-state index contributed by atoms with van der Waals surface area (Å²) in [6.07, 6.45) is 1.05. The molecule has 0 bridgehead atoms. The van der Waals surface area contributed by atoms with Gasteiger partial charge in [-0.05, 0) is 70.2 Å². The number of aliphatic hydroxyl groups excluding tert-OH is 1. The molecule has 0 saturated carbocycles. The van der Waals surface area contributed by atoms with Gasteiger partial charge in [-0.2, -0.15) is 0 Å². The predicted octanol–water partition coefficient (Wildman–Crippen LogP) is 4.75. The van der Waals surface area contributed by atoms with Crippen LogP contribution < -0.4 is 10.1 Å². The molecule has 9 heteroatoms. The Kier molecular flexibility index (Phi) is 5.54. The molecule has 0 aliphatic rings. The van der Waals surface area contributed by atoms with Crippen LogP contribution in [0.2, 0.25) is 0 Å². The zero-order chi connectivity index (χ0) is 23.8. The number of hydrogen-bond acceptors (Lipinski definition) is 6. The third kappa shape index (κ3) is 4.01. The molecule has 0 saturated heterocycles. The van der Waals surface area contributed by atoms with Gasteiger partial charge < -0.3 is 20.1 Å². The molecule has 4 heterocycles. The maximum atomic E-state index is 10.4. The van der Waals surface area contributed by atoms with Gasteiger partial charge in [0.05, 0.1) is 23.7 Å². The number of H-pyrrole nitrogens is 1. The summed E-state index contributed by atoms with van der Waals surface area (Å²) in [6.45, 7) is 8.10. The van der Waals surface area contributed by atoms with Crippen molar-refractivity contribution in [1.29, 1.82) is 0 Å². The minimum absolute atomic E-state index is 0.522. The Morgan fingerprint density at radius 1 is 1.12 bits per heavy atom. The summed E-state index contributed by atoms with van der Waals surface area (Å²) in [5, 5.41) is 18.3. The van der Waals surface area contributed by atoms with E-state index in [-0.39, 0.29) is 0 Å². The van der Waals surface area contributed by atoms with E-state index in [0.29, 0.717) is 29.7 Å². The van der Waals surface area contributed by atoms with Gasteiger partial charge >= 0.3 is 0 Å². The standard InChI is InChI=1S/C25H27N7O2/c1-5-34-24-12-16(3)32(30-24)25-19(17(4)33)8-11-23(29-25)31-14-26-20-13-18(7-9-21(20)31)28-22-10-6-15(2)27-22/h6-14,17,27-28,33H,5H2,1-4H3. The number of ether oxygens (including phenoxy) is 1. The Bertz CT molecular complexity index is 1460. The normalized spacial score (nSPS) is 12.3. The number of aryl methyl sites for hydroxylation is 2. The van der Waals surface area contributed by atoms with Crippen LogP contribution in [0, 0.1) is 13.8 Å². The number of nitrogens with one attached hydrogen (secondary N) is 2. The molecule has 0 spiro atoms. The summed E-state index contributed by atoms with van der Waals surface area (Å²) in [5.74, 6) is 2.68. The summed E-state index contributed by atoms with van der Waals surface area (Å²) in [6, 6.07) is 15.7. The molecule has 1 unspecified atom stereocenters. The molecule has 0 amide bonds. The summed E-state index contributed by atoms with van der Waals surface area (Å²) < 4.78 is 9.19. The highest BCUT2D eigenvalue weighted by atomic mass is 16.5. The van der Waals surface area contributed by atoms with Gasteiger partial charge in [0.15, 0.2) is 5.82 Å². The van der Waals surface area contributed by atoms with Crippen LogP contribution in [0.4, 0.5) is 11.5 Å². The van der Waals surface area contributed by atoms with E-state index in [4.69, 9.17) is 9.72 Å². The summed E-state index contributed by atoms with van der Waals surface area (Å²) in [7, 11) is 0. The van der Waals surface area contributed by atoms with Crippen molar-refractivity contribution < 1.29 is 9.84 Å². The summed E-state index contributed by atoms with van der Waals surface area (Å²) in [4.78, 5) is 12.7. The Labute approximate surface area is 197 Å². The Morgan fingerprint density at radius 3 is 2.71 bits per heavy atom. The number of imidazole rings is 1. The molecule has 3 N–H and O–H groups in total. The van der Waals surface area contributed by atoms with E-state index in [1.54, 1.807) is 17.9 Å². The molecule has 34 heavy (non-hydrogen) atoms. The Balaban J connectivity index is 1.54. The van der Waals surface area contributed by atoms with Crippen LogP contribution in [-0.4, -0.2) is 41.0 Å². The van der Waals surface area contributed by atoms with Gasteiger partial charge in [-0.25, -0.2) is 14.6 Å². The van der Waals surface area contributed by atoms with Crippen LogP contribution in [0.3, 0.4) is 0 Å². The first kappa shape index (κ1) is 21.7. The molecule has 5 rings (SSSR count). The monoisotopic (exact) mass is 457 g/mol. The van der Waals surface area contributed by atoms with Crippen LogP contribution >= 0.6 is 0 Å². The number of fused-ring (bicyclic) bond motifs is 1. The van der Waals surface area contributed by atoms with E-state index in [2.05, 4.69) is 20.4 Å². The zero-order valence-electron chi connectivity index (χ0n) is 19.6. The van der Waals surface area contributed by atoms with Crippen molar-refractivity contribution in [3.8, 4) is 17.5 Å². The highest BCUT2D eigenvalue weighted by Gasteiger charge is 2.18. The SMILES string of the molecule is CCOc1cc(C)n(-c2nc(-n3cnc4cc(Nc5ccc(C)[nH]5)ccc43)ccc2C(C)O)n1. The topological polar surface area (TPSA) is 106 Å². The average molecular weight is 458 g/mol. The first-order valence-corrected chi connectivity index (χ1v) is 11.2. The van der Waals surface area contributed by atoms with E-state index >= 15 is 0 Å². The van der Waals surface area contributed by atoms with Crippen molar-refractivity contribution in [2.45, 2.75) is 33.8 Å². The lowest BCUT2D eigenvalue weighted by atomic mass is 10.1. The minimum Gasteiger partial charge on any atom is -0.477 e. The number of benzene rings is 1. The van der Waals surface area contributed by atoms with Crippen molar-refractivity contribution in [2.24, 2.45) is 0 Å². The van der Waals surface area contributed by atoms with Gasteiger partial charge in [-0.1, -0.05) is 0 Å². The van der Waals surface area contributed by atoms with Crippen LogP contribution in [0.15, 0.2) is 54.9 Å². The fraction of sp³-hybridized carbons (Fsp3) is 0.240. The second kappa shape index (κ2) is 8.68. The molecule has 0 fully saturated rings. The highest BCUT2D eigenvalue weighted by Crippen LogP contribution is 2.27. The fourth-order valence-corrected chi connectivity index (χ4v) is 3.96. The lowest BCUT2D eigenvalue weighted by Crippen LogP contribution is -2.11.